The largest absolute Gasteiger partial charge is 0.448 e. The molecule has 0 radical (unpaired) electrons. The lowest BCUT2D eigenvalue weighted by atomic mass is 10.1. The minimum Gasteiger partial charge on any atom is -0.448 e. The number of nitro benzene ring substituents is 1. The Hall–Kier alpha value is -2.11. The first-order chi connectivity index (χ1) is 9.52. The molecule has 0 unspecified atom stereocenters. The van der Waals surface area contributed by atoms with Gasteiger partial charge in [-0.15, -0.1) is 0 Å². The number of rotatable bonds is 4. The molecule has 0 atom stereocenters. The number of hydrogen-bond donors (Lipinski definition) is 1. The smallest absolute Gasteiger partial charge is 0.313 e. The van der Waals surface area contributed by atoms with Crippen LogP contribution in [0.4, 0.5) is 5.69 Å². The Labute approximate surface area is 120 Å². The summed E-state index contributed by atoms with van der Waals surface area (Å²) in [4.78, 5) is 10.4. The molecule has 0 heterocycles. The molecule has 0 bridgehead atoms. The summed E-state index contributed by atoms with van der Waals surface area (Å²) in [7, 11) is 0. The summed E-state index contributed by atoms with van der Waals surface area (Å²) < 4.78 is 5.54. The van der Waals surface area contributed by atoms with Gasteiger partial charge in [-0.2, -0.15) is 0 Å². The molecule has 5 nitrogen and oxygen atoms in total. The fourth-order valence-electron chi connectivity index (χ4n) is 1.78. The molecular weight excluding hydrogens is 282 g/mol. The van der Waals surface area contributed by atoms with Crippen LogP contribution in [-0.2, 0) is 6.61 Å². The molecule has 0 fully saturated rings. The fourth-order valence-corrected chi connectivity index (χ4v) is 1.99. The highest BCUT2D eigenvalue weighted by Crippen LogP contribution is 2.38. The lowest BCUT2D eigenvalue weighted by Crippen LogP contribution is -1.97. The van der Waals surface area contributed by atoms with E-state index in [-0.39, 0.29) is 23.1 Å². The van der Waals surface area contributed by atoms with E-state index < -0.39 is 4.92 Å². The standard InChI is InChI=1S/C14H12ClNO4/c1-9-5-6-13(10(7-9)8-17)20-14-11(15)3-2-4-12(14)16(18)19/h2-7,17H,8H2,1H3. The Morgan fingerprint density at radius 3 is 2.75 bits per heavy atom. The minimum atomic E-state index is -0.561. The molecule has 2 aromatic carbocycles. The first-order valence-corrected chi connectivity index (χ1v) is 6.22. The van der Waals surface area contributed by atoms with Gasteiger partial charge in [0.05, 0.1) is 16.6 Å². The number of aryl methyl sites for hydroxylation is 1. The topological polar surface area (TPSA) is 72.6 Å². The second-order valence-electron chi connectivity index (χ2n) is 4.22. The van der Waals surface area contributed by atoms with Gasteiger partial charge in [-0.25, -0.2) is 0 Å². The van der Waals surface area contributed by atoms with Crippen LogP contribution in [0.2, 0.25) is 5.02 Å². The summed E-state index contributed by atoms with van der Waals surface area (Å²) in [6.07, 6.45) is 0. The van der Waals surface area contributed by atoms with Crippen LogP contribution in [0.15, 0.2) is 36.4 Å². The van der Waals surface area contributed by atoms with E-state index in [1.807, 2.05) is 6.92 Å². The number of nitrogens with zero attached hydrogens (tertiary/aromatic N) is 1. The zero-order chi connectivity index (χ0) is 14.7. The SMILES string of the molecule is Cc1ccc(Oc2c(Cl)cccc2[N+](=O)[O-])c(CO)c1. The Morgan fingerprint density at radius 2 is 2.10 bits per heavy atom. The molecule has 20 heavy (non-hydrogen) atoms. The third-order valence-electron chi connectivity index (χ3n) is 2.74. The van der Waals surface area contributed by atoms with Crippen LogP contribution >= 0.6 is 11.6 Å². The Bertz CT molecular complexity index is 658. The highest BCUT2D eigenvalue weighted by Gasteiger charge is 2.20. The summed E-state index contributed by atoms with van der Waals surface area (Å²) in [5.41, 5.74) is 1.27. The van der Waals surface area contributed by atoms with Gasteiger partial charge >= 0.3 is 5.69 Å². The lowest BCUT2D eigenvalue weighted by Gasteiger charge is -2.11. The molecule has 0 saturated carbocycles. The highest BCUT2D eigenvalue weighted by molar-refractivity contribution is 6.32. The van der Waals surface area contributed by atoms with Gasteiger partial charge in [0.1, 0.15) is 5.75 Å². The predicted octanol–water partition coefficient (Wildman–Crippen LogP) is 3.84. The van der Waals surface area contributed by atoms with E-state index in [1.54, 1.807) is 18.2 Å². The van der Waals surface area contributed by atoms with Crippen molar-refractivity contribution < 1.29 is 14.8 Å². The van der Waals surface area contributed by atoms with Gasteiger partial charge in [0.15, 0.2) is 0 Å². The van der Waals surface area contributed by atoms with Crippen LogP contribution in [0.25, 0.3) is 0 Å². The number of aliphatic hydroxyl groups is 1. The van der Waals surface area contributed by atoms with Crippen molar-refractivity contribution in [2.24, 2.45) is 0 Å². The highest BCUT2D eigenvalue weighted by atomic mass is 35.5. The number of hydrogen-bond acceptors (Lipinski definition) is 4. The molecule has 1 N–H and O–H groups in total. The number of para-hydroxylation sites is 1. The van der Waals surface area contributed by atoms with Gasteiger partial charge in [-0.1, -0.05) is 35.4 Å². The number of nitro groups is 1. The second-order valence-corrected chi connectivity index (χ2v) is 4.62. The zero-order valence-corrected chi connectivity index (χ0v) is 11.4. The van der Waals surface area contributed by atoms with Gasteiger partial charge in [0.25, 0.3) is 0 Å². The summed E-state index contributed by atoms with van der Waals surface area (Å²) in [5, 5.41) is 20.5. The minimum absolute atomic E-state index is 0.0299. The van der Waals surface area contributed by atoms with Crippen molar-refractivity contribution in [2.45, 2.75) is 13.5 Å². The van der Waals surface area contributed by atoms with E-state index in [4.69, 9.17) is 16.3 Å². The molecule has 2 rings (SSSR count). The van der Waals surface area contributed by atoms with Crippen LogP contribution in [0, 0.1) is 17.0 Å². The van der Waals surface area contributed by atoms with Crippen molar-refractivity contribution in [1.82, 2.24) is 0 Å². The molecule has 2 aromatic rings. The first kappa shape index (κ1) is 14.3. The van der Waals surface area contributed by atoms with Gasteiger partial charge in [0.2, 0.25) is 5.75 Å². The zero-order valence-electron chi connectivity index (χ0n) is 10.7. The van der Waals surface area contributed by atoms with E-state index in [0.29, 0.717) is 11.3 Å². The van der Waals surface area contributed by atoms with Crippen LogP contribution in [0.3, 0.4) is 0 Å². The molecule has 104 valence electrons. The van der Waals surface area contributed by atoms with Crippen LogP contribution in [-0.4, -0.2) is 10.0 Å². The maximum Gasteiger partial charge on any atom is 0.313 e. The molecule has 0 aromatic heterocycles. The maximum absolute atomic E-state index is 11.0. The van der Waals surface area contributed by atoms with E-state index in [2.05, 4.69) is 0 Å². The van der Waals surface area contributed by atoms with Gasteiger partial charge in [0, 0.05) is 11.6 Å². The van der Waals surface area contributed by atoms with E-state index in [9.17, 15) is 15.2 Å². The molecule has 0 aliphatic carbocycles. The molecule has 0 aliphatic heterocycles. The van der Waals surface area contributed by atoms with Crippen molar-refractivity contribution >= 4 is 17.3 Å². The second kappa shape index (κ2) is 5.90. The normalized spacial score (nSPS) is 10.3. The van der Waals surface area contributed by atoms with Crippen LogP contribution in [0.5, 0.6) is 11.5 Å². The van der Waals surface area contributed by atoms with Crippen molar-refractivity contribution in [2.75, 3.05) is 0 Å². The average Bonchev–Trinajstić information content (AvgIpc) is 2.42. The van der Waals surface area contributed by atoms with Crippen LogP contribution in [0.1, 0.15) is 11.1 Å². The number of benzene rings is 2. The van der Waals surface area contributed by atoms with Gasteiger partial charge in [-0.05, 0) is 19.1 Å². The van der Waals surface area contributed by atoms with Crippen molar-refractivity contribution in [3.8, 4) is 11.5 Å². The fraction of sp³-hybridized carbons (Fsp3) is 0.143. The van der Waals surface area contributed by atoms with E-state index >= 15 is 0 Å². The third kappa shape index (κ3) is 2.89. The molecular formula is C14H12ClNO4. The van der Waals surface area contributed by atoms with Gasteiger partial charge < -0.3 is 9.84 Å². The van der Waals surface area contributed by atoms with E-state index in [1.165, 1.54) is 18.2 Å². The number of aliphatic hydroxyl groups excluding tert-OH is 1. The Morgan fingerprint density at radius 1 is 1.35 bits per heavy atom. The van der Waals surface area contributed by atoms with Crippen LogP contribution < -0.4 is 4.74 Å². The molecule has 0 spiro atoms. The average molecular weight is 294 g/mol. The predicted molar refractivity (Wildman–Crippen MR) is 75.3 cm³/mol. The Kier molecular flexibility index (Phi) is 4.22. The van der Waals surface area contributed by atoms with E-state index in [0.717, 1.165) is 5.56 Å². The summed E-state index contributed by atoms with van der Waals surface area (Å²) in [6.45, 7) is 1.65. The molecule has 6 heteroatoms. The van der Waals surface area contributed by atoms with Crippen molar-refractivity contribution in [3.63, 3.8) is 0 Å². The maximum atomic E-state index is 11.0. The summed E-state index contributed by atoms with van der Waals surface area (Å²) in [5.74, 6) is 0.312. The summed E-state index contributed by atoms with van der Waals surface area (Å²) >= 11 is 5.96. The third-order valence-corrected chi connectivity index (χ3v) is 3.04. The molecule has 0 aliphatic rings. The molecule has 0 saturated heterocycles. The summed E-state index contributed by atoms with van der Waals surface area (Å²) in [6, 6.07) is 9.49. The Balaban J connectivity index is 2.47. The number of ether oxygens (including phenoxy) is 1. The first-order valence-electron chi connectivity index (χ1n) is 5.84. The van der Waals surface area contributed by atoms with Crippen molar-refractivity contribution in [3.05, 3.63) is 62.7 Å². The number of halogens is 1. The molecule has 0 amide bonds. The quantitative estimate of drug-likeness (QED) is 0.686. The lowest BCUT2D eigenvalue weighted by molar-refractivity contribution is -0.385. The van der Waals surface area contributed by atoms with Gasteiger partial charge in [-0.3, -0.25) is 10.1 Å². The van der Waals surface area contributed by atoms with Crippen molar-refractivity contribution in [1.29, 1.82) is 0 Å². The monoisotopic (exact) mass is 293 g/mol.